The highest BCUT2D eigenvalue weighted by Gasteiger charge is 2.24. The van der Waals surface area contributed by atoms with Crippen molar-refractivity contribution in [1.29, 1.82) is 0 Å². The van der Waals surface area contributed by atoms with Crippen molar-refractivity contribution in [2.75, 3.05) is 39.6 Å². The molecule has 0 saturated heterocycles. The predicted octanol–water partition coefficient (Wildman–Crippen LogP) is 11.5. The summed E-state index contributed by atoms with van der Waals surface area (Å²) in [4.78, 5) is 18.8. The minimum atomic E-state index is -4.37. The summed E-state index contributed by atoms with van der Waals surface area (Å²) in [7, 11) is -8.24. The molecule has 0 spiro atoms. The van der Waals surface area contributed by atoms with Crippen LogP contribution in [0.2, 0.25) is 0 Å². The molecule has 0 aliphatic heterocycles. The van der Waals surface area contributed by atoms with Crippen molar-refractivity contribution in [3.05, 3.63) is 0 Å². The molecule has 12 nitrogen and oxygen atoms in total. The van der Waals surface area contributed by atoms with Gasteiger partial charge in [-0.15, -0.1) is 0 Å². The molecule has 2 atom stereocenters. The highest BCUT2D eigenvalue weighted by atomic mass is 31.2. The minimum Gasteiger partial charge on any atom is -0.394 e. The molecular weight excluding hydrogens is 758 g/mol. The quantitative estimate of drug-likeness (QED) is 0.0251. The lowest BCUT2D eigenvalue weighted by Gasteiger charge is -2.15. The fourth-order valence-electron chi connectivity index (χ4n) is 6.20. The molecule has 0 aromatic rings. The summed E-state index contributed by atoms with van der Waals surface area (Å²) in [5.74, 6) is 0. The van der Waals surface area contributed by atoms with Gasteiger partial charge in [0, 0.05) is 0 Å². The van der Waals surface area contributed by atoms with E-state index in [9.17, 15) is 14.0 Å². The van der Waals surface area contributed by atoms with Gasteiger partial charge in [0.25, 0.3) is 0 Å². The van der Waals surface area contributed by atoms with Crippen LogP contribution in [0.3, 0.4) is 0 Å². The second-order valence-electron chi connectivity index (χ2n) is 15.5. The average Bonchev–Trinajstić information content (AvgIpc) is 3.18. The maximum absolute atomic E-state index is 12.0. The second kappa shape index (κ2) is 44.6. The molecule has 0 radical (unpaired) electrons. The Hall–Kier alpha value is 0.0600. The summed E-state index contributed by atoms with van der Waals surface area (Å²) in [6.07, 6.45) is 39.7. The molecule has 0 rings (SSSR count). The Labute approximate surface area is 343 Å². The summed E-state index contributed by atoms with van der Waals surface area (Å²) in [5.41, 5.74) is 0. The molecule has 0 aliphatic rings. The van der Waals surface area contributed by atoms with Crippen molar-refractivity contribution < 1.29 is 57.4 Å². The first-order chi connectivity index (χ1) is 27.0. The van der Waals surface area contributed by atoms with Crippen molar-refractivity contribution in [3.8, 4) is 0 Å². The first kappa shape index (κ1) is 58.2. The van der Waals surface area contributed by atoms with Crippen molar-refractivity contribution in [2.45, 2.75) is 232 Å². The Morgan fingerprint density at radius 2 is 0.554 bits per heavy atom. The van der Waals surface area contributed by atoms with Crippen molar-refractivity contribution in [1.82, 2.24) is 0 Å². The van der Waals surface area contributed by atoms with Crippen LogP contribution in [0, 0.1) is 0 Å². The zero-order valence-corrected chi connectivity index (χ0v) is 37.8. The number of rotatable bonds is 44. The largest absolute Gasteiger partial charge is 0.472 e. The lowest BCUT2D eigenvalue weighted by molar-refractivity contribution is 0.0160. The molecule has 0 saturated carbocycles. The third-order valence-electron chi connectivity index (χ3n) is 9.79. The van der Waals surface area contributed by atoms with Crippen LogP contribution >= 0.6 is 15.6 Å². The molecule has 0 aromatic carbocycles. The van der Waals surface area contributed by atoms with E-state index in [1.807, 2.05) is 0 Å². The third kappa shape index (κ3) is 48.4. The van der Waals surface area contributed by atoms with Gasteiger partial charge in [0.05, 0.1) is 39.6 Å². The van der Waals surface area contributed by atoms with Crippen molar-refractivity contribution >= 4 is 15.6 Å². The van der Waals surface area contributed by atoms with E-state index in [1.165, 1.54) is 180 Å². The van der Waals surface area contributed by atoms with Crippen LogP contribution in [0.1, 0.15) is 219 Å². The van der Waals surface area contributed by atoms with Gasteiger partial charge in [0.15, 0.2) is 0 Å². The fourth-order valence-corrected chi connectivity index (χ4v) is 7.79. The third-order valence-corrected chi connectivity index (χ3v) is 11.8. The standard InChI is InChI=1S/C36H75O4P.C6H15O8P/c1-3-5-7-9-11-13-15-17-19-21-23-25-27-29-31-33-35-39-41(37,38)40-36-34-32-30-28-26-24-22-20-18-16-14-12-10-8-6-4-2;7-1-5(9)3-13-15(11,12)14-4-6(10)2-8/h3-36H2,1-2H3,(H,37,38);5-10H,1-4H2,(H,11,12). The Balaban J connectivity index is 0. The first-order valence-corrected chi connectivity index (χ1v) is 25.8. The molecule has 0 aromatic heterocycles. The molecule has 0 fully saturated rings. The van der Waals surface area contributed by atoms with Crippen LogP contribution in [-0.2, 0) is 27.2 Å². The Kier molecular flexibility index (Phi) is 46.3. The summed E-state index contributed by atoms with van der Waals surface area (Å²) in [6.45, 7) is 2.85. The second-order valence-corrected chi connectivity index (χ2v) is 18.4. The van der Waals surface area contributed by atoms with Gasteiger partial charge in [0.1, 0.15) is 12.2 Å². The zero-order valence-electron chi connectivity index (χ0n) is 36.1. The Morgan fingerprint density at radius 3 is 0.768 bits per heavy atom. The van der Waals surface area contributed by atoms with Crippen LogP contribution in [-0.4, -0.2) is 82.1 Å². The van der Waals surface area contributed by atoms with Gasteiger partial charge in [-0.1, -0.05) is 206 Å². The molecule has 0 amide bonds. The molecular formula is C42H90O12P2. The summed E-state index contributed by atoms with van der Waals surface area (Å²) >= 11 is 0. The van der Waals surface area contributed by atoms with Gasteiger partial charge in [-0.2, -0.15) is 0 Å². The van der Waals surface area contributed by atoms with Crippen LogP contribution in [0.25, 0.3) is 0 Å². The molecule has 14 heteroatoms. The number of hydrogen-bond acceptors (Lipinski definition) is 10. The number of phosphoric ester groups is 2. The van der Waals surface area contributed by atoms with E-state index in [2.05, 4.69) is 22.9 Å². The SMILES string of the molecule is CCCCCCCCCCCCCCCCCCOP(=O)(O)OCCCCCCCCCCCCCCCCCC.O=P(O)(OCC(O)CO)OCC(O)CO. The highest BCUT2D eigenvalue weighted by molar-refractivity contribution is 7.47. The van der Waals surface area contributed by atoms with E-state index in [4.69, 9.17) is 34.4 Å². The van der Waals surface area contributed by atoms with Gasteiger partial charge in [0.2, 0.25) is 0 Å². The number of aliphatic hydroxyl groups is 4. The van der Waals surface area contributed by atoms with E-state index in [1.54, 1.807) is 0 Å². The van der Waals surface area contributed by atoms with Crippen LogP contribution in [0.5, 0.6) is 0 Å². The van der Waals surface area contributed by atoms with E-state index >= 15 is 0 Å². The minimum absolute atomic E-state index is 0.325. The Bertz CT molecular complexity index is 810. The first-order valence-electron chi connectivity index (χ1n) is 22.8. The highest BCUT2D eigenvalue weighted by Crippen LogP contribution is 2.44. The van der Waals surface area contributed by atoms with E-state index in [0.717, 1.165) is 25.7 Å². The molecule has 0 aliphatic carbocycles. The van der Waals surface area contributed by atoms with Crippen molar-refractivity contribution in [3.63, 3.8) is 0 Å². The van der Waals surface area contributed by atoms with Gasteiger partial charge >= 0.3 is 15.6 Å². The Morgan fingerprint density at radius 1 is 0.357 bits per heavy atom. The van der Waals surface area contributed by atoms with Crippen LogP contribution in [0.4, 0.5) is 0 Å². The lowest BCUT2D eigenvalue weighted by atomic mass is 10.0. The topological polar surface area (TPSA) is 192 Å². The average molecular weight is 849 g/mol. The van der Waals surface area contributed by atoms with Crippen LogP contribution < -0.4 is 0 Å². The van der Waals surface area contributed by atoms with E-state index in [-0.39, 0.29) is 0 Å². The number of unbranched alkanes of at least 4 members (excludes halogenated alkanes) is 30. The molecule has 56 heavy (non-hydrogen) atoms. The van der Waals surface area contributed by atoms with Crippen LogP contribution in [0.15, 0.2) is 0 Å². The van der Waals surface area contributed by atoms with Crippen molar-refractivity contribution in [2.24, 2.45) is 0 Å². The predicted molar refractivity (Wildman–Crippen MR) is 229 cm³/mol. The summed E-state index contributed by atoms with van der Waals surface area (Å²) in [5, 5.41) is 34.3. The number of hydrogen-bond donors (Lipinski definition) is 6. The van der Waals surface area contributed by atoms with E-state index in [0.29, 0.717) is 13.2 Å². The molecule has 6 N–H and O–H groups in total. The molecule has 340 valence electrons. The summed E-state index contributed by atoms with van der Waals surface area (Å²) < 4.78 is 41.9. The van der Waals surface area contributed by atoms with Gasteiger partial charge in [-0.25, -0.2) is 9.13 Å². The maximum atomic E-state index is 12.0. The summed E-state index contributed by atoms with van der Waals surface area (Å²) in [6, 6.07) is 0. The maximum Gasteiger partial charge on any atom is 0.472 e. The van der Waals surface area contributed by atoms with Gasteiger partial charge < -0.3 is 30.2 Å². The normalized spacial score (nSPS) is 14.0. The zero-order chi connectivity index (χ0) is 41.9. The lowest BCUT2D eigenvalue weighted by Crippen LogP contribution is -2.21. The van der Waals surface area contributed by atoms with Gasteiger partial charge in [-0.05, 0) is 12.8 Å². The van der Waals surface area contributed by atoms with E-state index < -0.39 is 54.3 Å². The number of aliphatic hydroxyl groups excluding tert-OH is 4. The molecule has 0 heterocycles. The number of phosphoric acid groups is 2. The monoisotopic (exact) mass is 849 g/mol. The molecule has 2 unspecified atom stereocenters. The fraction of sp³-hybridized carbons (Fsp3) is 1.00. The molecule has 0 bridgehead atoms. The smallest absolute Gasteiger partial charge is 0.394 e. The van der Waals surface area contributed by atoms with Gasteiger partial charge in [-0.3, -0.25) is 18.1 Å².